The smallest absolute Gasteiger partial charge is 0.0457 e. The van der Waals surface area contributed by atoms with Crippen molar-refractivity contribution in [3.05, 3.63) is 36.0 Å². The number of H-pyrrole nitrogens is 1. The predicted molar refractivity (Wildman–Crippen MR) is 64.7 cm³/mol. The molecular weight excluding hydrogens is 184 g/mol. The Labute approximate surface area is 90.5 Å². The molecule has 15 heavy (non-hydrogen) atoms. The molecule has 0 aliphatic carbocycles. The van der Waals surface area contributed by atoms with Crippen molar-refractivity contribution in [3.63, 3.8) is 0 Å². The lowest BCUT2D eigenvalue weighted by molar-refractivity contribution is 0.457. The number of nitrogens with two attached hydrogens (primary N) is 1. The molecule has 80 valence electrons. The maximum Gasteiger partial charge on any atom is 0.0457 e. The van der Waals surface area contributed by atoms with E-state index in [0.29, 0.717) is 5.92 Å². The molecule has 2 heteroatoms. The van der Waals surface area contributed by atoms with Crippen LogP contribution in [0, 0.1) is 5.92 Å². The molecule has 0 fully saturated rings. The van der Waals surface area contributed by atoms with E-state index in [9.17, 15) is 0 Å². The van der Waals surface area contributed by atoms with Crippen LogP contribution in [0.15, 0.2) is 30.5 Å². The first-order chi connectivity index (χ1) is 7.22. The number of rotatable bonds is 3. The van der Waals surface area contributed by atoms with E-state index in [1.165, 1.54) is 16.5 Å². The van der Waals surface area contributed by atoms with Crippen molar-refractivity contribution in [2.75, 3.05) is 0 Å². The van der Waals surface area contributed by atoms with E-state index in [-0.39, 0.29) is 6.04 Å². The molecule has 1 aromatic heterocycles. The maximum atomic E-state index is 6.19. The molecule has 3 N–H and O–H groups in total. The third-order valence-corrected chi connectivity index (χ3v) is 3.22. The highest BCUT2D eigenvalue weighted by atomic mass is 14.7. The molecule has 2 aromatic rings. The van der Waals surface area contributed by atoms with Gasteiger partial charge in [0, 0.05) is 17.8 Å². The second-order valence-corrected chi connectivity index (χ2v) is 4.24. The minimum atomic E-state index is 0.141. The molecular formula is C13H18N2. The molecule has 2 rings (SSSR count). The fourth-order valence-corrected chi connectivity index (χ4v) is 1.86. The van der Waals surface area contributed by atoms with Crippen LogP contribution < -0.4 is 5.73 Å². The Balaban J connectivity index is 2.35. The van der Waals surface area contributed by atoms with Crippen LogP contribution in [0.4, 0.5) is 0 Å². The zero-order valence-corrected chi connectivity index (χ0v) is 9.33. The molecule has 0 aliphatic heterocycles. The Bertz CT molecular complexity index is 444. The first-order valence-electron chi connectivity index (χ1n) is 5.55. The van der Waals surface area contributed by atoms with Crippen LogP contribution in [0.1, 0.15) is 31.9 Å². The number of hydrogen-bond donors (Lipinski definition) is 2. The van der Waals surface area contributed by atoms with Gasteiger partial charge < -0.3 is 10.7 Å². The zero-order valence-electron chi connectivity index (χ0n) is 9.33. The Kier molecular flexibility index (Phi) is 2.78. The summed E-state index contributed by atoms with van der Waals surface area (Å²) in [5.41, 5.74) is 8.59. The van der Waals surface area contributed by atoms with Gasteiger partial charge in [0.25, 0.3) is 0 Å². The molecule has 1 unspecified atom stereocenters. The van der Waals surface area contributed by atoms with Crippen LogP contribution in [0.5, 0.6) is 0 Å². The summed E-state index contributed by atoms with van der Waals surface area (Å²) in [5, 5.41) is 1.25. The minimum absolute atomic E-state index is 0.141. The highest BCUT2D eigenvalue weighted by molar-refractivity contribution is 5.79. The van der Waals surface area contributed by atoms with Gasteiger partial charge in [-0.1, -0.05) is 32.4 Å². The third kappa shape index (κ3) is 1.90. The normalized spacial score (nSPS) is 15.4. The van der Waals surface area contributed by atoms with Gasteiger partial charge in [0.2, 0.25) is 0 Å². The van der Waals surface area contributed by atoms with E-state index in [0.717, 1.165) is 6.42 Å². The minimum Gasteiger partial charge on any atom is -0.361 e. The lowest BCUT2D eigenvalue weighted by atomic mass is 9.93. The predicted octanol–water partition coefficient (Wildman–Crippen LogP) is 3.21. The number of fused-ring (bicyclic) bond motifs is 1. The Morgan fingerprint density at radius 3 is 2.87 bits per heavy atom. The first-order valence-corrected chi connectivity index (χ1v) is 5.55. The quantitative estimate of drug-likeness (QED) is 0.788. The lowest BCUT2D eigenvalue weighted by Gasteiger charge is -2.18. The number of nitrogens with one attached hydrogen (secondary N) is 1. The van der Waals surface area contributed by atoms with Gasteiger partial charge >= 0.3 is 0 Å². The first kappa shape index (κ1) is 10.2. The maximum absolute atomic E-state index is 6.19. The molecule has 0 saturated heterocycles. The number of aromatic nitrogens is 1. The van der Waals surface area contributed by atoms with Crippen molar-refractivity contribution in [1.29, 1.82) is 0 Å². The van der Waals surface area contributed by atoms with Gasteiger partial charge in [0.05, 0.1) is 0 Å². The summed E-state index contributed by atoms with van der Waals surface area (Å²) in [7, 11) is 0. The van der Waals surface area contributed by atoms with Crippen LogP contribution in [-0.4, -0.2) is 4.98 Å². The second kappa shape index (κ2) is 4.07. The van der Waals surface area contributed by atoms with Crippen LogP contribution in [0.3, 0.4) is 0 Å². The molecule has 0 spiro atoms. The van der Waals surface area contributed by atoms with Crippen LogP contribution in [-0.2, 0) is 0 Å². The van der Waals surface area contributed by atoms with E-state index >= 15 is 0 Å². The molecule has 0 amide bonds. The zero-order chi connectivity index (χ0) is 10.8. The van der Waals surface area contributed by atoms with Gasteiger partial charge in [-0.2, -0.15) is 0 Å². The van der Waals surface area contributed by atoms with Crippen molar-refractivity contribution in [2.45, 2.75) is 26.3 Å². The van der Waals surface area contributed by atoms with E-state index in [4.69, 9.17) is 5.73 Å². The number of aromatic amines is 1. The summed E-state index contributed by atoms with van der Waals surface area (Å²) >= 11 is 0. The molecule has 0 bridgehead atoms. The summed E-state index contributed by atoms with van der Waals surface area (Å²) in [4.78, 5) is 3.22. The average molecular weight is 202 g/mol. The fraction of sp³-hybridized carbons (Fsp3) is 0.385. The van der Waals surface area contributed by atoms with Crippen molar-refractivity contribution in [2.24, 2.45) is 11.7 Å². The van der Waals surface area contributed by atoms with Crippen LogP contribution >= 0.6 is 0 Å². The second-order valence-electron chi connectivity index (χ2n) is 4.24. The summed E-state index contributed by atoms with van der Waals surface area (Å²) in [6, 6.07) is 8.64. The van der Waals surface area contributed by atoms with Crippen LogP contribution in [0.2, 0.25) is 0 Å². The van der Waals surface area contributed by atoms with Crippen LogP contribution in [0.25, 0.3) is 10.9 Å². The Morgan fingerprint density at radius 1 is 1.33 bits per heavy atom. The SMILES string of the molecule is CCC(C)[C@@H](N)c1ccc2cc[nH]c2c1. The van der Waals surface area contributed by atoms with Gasteiger partial charge in [0.15, 0.2) is 0 Å². The molecule has 1 heterocycles. The summed E-state index contributed by atoms with van der Waals surface area (Å²) in [6.45, 7) is 4.38. The van der Waals surface area contributed by atoms with E-state index in [2.05, 4.69) is 43.1 Å². The number of hydrogen-bond acceptors (Lipinski definition) is 1. The molecule has 0 aliphatic rings. The van der Waals surface area contributed by atoms with Gasteiger partial charge in [-0.05, 0) is 29.0 Å². The standard InChI is InChI=1S/C13H18N2/c1-3-9(2)13(14)11-5-4-10-6-7-15-12(10)8-11/h4-9,13,15H,3,14H2,1-2H3/t9?,13-/m1/s1. The van der Waals surface area contributed by atoms with Gasteiger partial charge in [-0.15, -0.1) is 0 Å². The summed E-state index contributed by atoms with van der Waals surface area (Å²) in [5.74, 6) is 0.525. The Hall–Kier alpha value is -1.28. The largest absolute Gasteiger partial charge is 0.361 e. The summed E-state index contributed by atoms with van der Waals surface area (Å²) < 4.78 is 0. The molecule has 0 radical (unpaired) electrons. The molecule has 2 nitrogen and oxygen atoms in total. The van der Waals surface area contributed by atoms with Gasteiger partial charge in [0.1, 0.15) is 0 Å². The monoisotopic (exact) mass is 202 g/mol. The molecule has 1 aromatic carbocycles. The van der Waals surface area contributed by atoms with Gasteiger partial charge in [-0.25, -0.2) is 0 Å². The highest BCUT2D eigenvalue weighted by Gasteiger charge is 2.13. The van der Waals surface area contributed by atoms with E-state index in [1.807, 2.05) is 6.20 Å². The topological polar surface area (TPSA) is 41.8 Å². The fourth-order valence-electron chi connectivity index (χ4n) is 1.86. The van der Waals surface area contributed by atoms with Crippen molar-refractivity contribution < 1.29 is 0 Å². The van der Waals surface area contributed by atoms with E-state index in [1.54, 1.807) is 0 Å². The summed E-state index contributed by atoms with van der Waals surface area (Å²) in [6.07, 6.45) is 3.08. The lowest BCUT2D eigenvalue weighted by Crippen LogP contribution is -2.18. The average Bonchev–Trinajstić information content (AvgIpc) is 2.73. The van der Waals surface area contributed by atoms with Crippen molar-refractivity contribution in [1.82, 2.24) is 4.98 Å². The Morgan fingerprint density at radius 2 is 2.13 bits per heavy atom. The van der Waals surface area contributed by atoms with E-state index < -0.39 is 0 Å². The molecule has 2 atom stereocenters. The number of benzene rings is 1. The van der Waals surface area contributed by atoms with Crippen molar-refractivity contribution in [3.8, 4) is 0 Å². The third-order valence-electron chi connectivity index (χ3n) is 3.22. The highest BCUT2D eigenvalue weighted by Crippen LogP contribution is 2.24. The van der Waals surface area contributed by atoms with Gasteiger partial charge in [-0.3, -0.25) is 0 Å². The van der Waals surface area contributed by atoms with Crippen molar-refractivity contribution >= 4 is 10.9 Å². The molecule has 0 saturated carbocycles.